The van der Waals surface area contributed by atoms with E-state index < -0.39 is 0 Å². The highest BCUT2D eigenvalue weighted by Crippen LogP contribution is 2.21. The van der Waals surface area contributed by atoms with E-state index >= 15 is 0 Å². The van der Waals surface area contributed by atoms with E-state index in [4.69, 9.17) is 11.6 Å². The van der Waals surface area contributed by atoms with Gasteiger partial charge in [0, 0.05) is 16.3 Å². The molecule has 0 spiro atoms. The van der Waals surface area contributed by atoms with E-state index in [9.17, 15) is 4.79 Å². The van der Waals surface area contributed by atoms with Crippen LogP contribution in [-0.2, 0) is 4.79 Å². The maximum Gasteiger partial charge on any atom is 0.129 e. The van der Waals surface area contributed by atoms with E-state index in [1.165, 1.54) is 4.90 Å². The smallest absolute Gasteiger partial charge is 0.129 e. The summed E-state index contributed by atoms with van der Waals surface area (Å²) in [4.78, 5) is 11.9. The molecule has 1 nitrogen and oxygen atoms in total. The maximum atomic E-state index is 10.7. The number of thioether (sulfide) groups is 1. The minimum atomic E-state index is 0.284. The summed E-state index contributed by atoms with van der Waals surface area (Å²) in [5, 5.41) is 0.774. The van der Waals surface area contributed by atoms with Crippen molar-refractivity contribution >= 4 is 29.1 Å². The molecular weight excluding hydrogens is 228 g/mol. The normalized spacial score (nSPS) is 10.3. The summed E-state index contributed by atoms with van der Waals surface area (Å²) < 4.78 is 0. The molecule has 0 atom stereocenters. The van der Waals surface area contributed by atoms with Crippen molar-refractivity contribution in [3.63, 3.8) is 0 Å². The minimum Gasteiger partial charge on any atom is -0.300 e. The van der Waals surface area contributed by atoms with Crippen LogP contribution < -0.4 is 0 Å². The molecule has 0 amide bonds. The highest BCUT2D eigenvalue weighted by Gasteiger charge is 1.96. The number of halogens is 1. The number of hydrogen-bond donors (Lipinski definition) is 0. The Morgan fingerprint density at radius 1 is 1.27 bits per heavy atom. The van der Waals surface area contributed by atoms with Crippen LogP contribution in [-0.4, -0.2) is 11.5 Å². The molecule has 0 aliphatic carbocycles. The molecule has 0 heterocycles. The Labute approximate surface area is 100 Å². The first kappa shape index (κ1) is 12.6. The summed E-state index contributed by atoms with van der Waals surface area (Å²) in [6, 6.07) is 7.86. The first-order valence-electron chi connectivity index (χ1n) is 5.06. The number of carbonyl (C=O) groups excluding carboxylic acids is 1. The van der Waals surface area contributed by atoms with Crippen molar-refractivity contribution in [1.82, 2.24) is 0 Å². The molecule has 1 rings (SSSR count). The van der Waals surface area contributed by atoms with Gasteiger partial charge < -0.3 is 4.79 Å². The standard InChI is InChI=1S/C12H15ClOS/c1-10(14)4-2-3-9-15-12-7-5-11(13)6-8-12/h5-8H,2-4,9H2,1H3. The lowest BCUT2D eigenvalue weighted by Gasteiger charge is -2.01. The number of rotatable bonds is 6. The zero-order valence-corrected chi connectivity index (χ0v) is 10.4. The summed E-state index contributed by atoms with van der Waals surface area (Å²) in [7, 11) is 0. The van der Waals surface area contributed by atoms with Crippen molar-refractivity contribution in [2.75, 3.05) is 5.75 Å². The second kappa shape index (κ2) is 6.91. The molecule has 0 aromatic heterocycles. The maximum absolute atomic E-state index is 10.7. The number of Topliss-reactive ketones (excluding diaryl/α,β-unsaturated/α-hetero) is 1. The predicted octanol–water partition coefficient (Wildman–Crippen LogP) is 4.19. The Balaban J connectivity index is 2.15. The molecule has 82 valence electrons. The second-order valence-electron chi connectivity index (χ2n) is 3.46. The fourth-order valence-corrected chi connectivity index (χ4v) is 2.24. The lowest BCUT2D eigenvalue weighted by Crippen LogP contribution is -1.90. The first-order valence-corrected chi connectivity index (χ1v) is 6.42. The van der Waals surface area contributed by atoms with Crippen LogP contribution in [0.3, 0.4) is 0 Å². The third-order valence-electron chi connectivity index (χ3n) is 2.01. The summed E-state index contributed by atoms with van der Waals surface area (Å²) in [6.45, 7) is 1.65. The highest BCUT2D eigenvalue weighted by atomic mass is 35.5. The second-order valence-corrected chi connectivity index (χ2v) is 5.07. The van der Waals surface area contributed by atoms with E-state index in [2.05, 4.69) is 0 Å². The zero-order chi connectivity index (χ0) is 11.1. The summed E-state index contributed by atoms with van der Waals surface area (Å²) in [5.74, 6) is 1.35. The van der Waals surface area contributed by atoms with E-state index in [1.54, 1.807) is 6.92 Å². The van der Waals surface area contributed by atoms with Crippen molar-refractivity contribution in [2.24, 2.45) is 0 Å². The third-order valence-corrected chi connectivity index (χ3v) is 3.36. The lowest BCUT2D eigenvalue weighted by molar-refractivity contribution is -0.117. The molecular formula is C12H15ClOS. The van der Waals surface area contributed by atoms with Crippen molar-refractivity contribution in [1.29, 1.82) is 0 Å². The van der Waals surface area contributed by atoms with Gasteiger partial charge in [-0.25, -0.2) is 0 Å². The predicted molar refractivity (Wildman–Crippen MR) is 66.7 cm³/mol. The molecule has 0 unspecified atom stereocenters. The molecule has 3 heteroatoms. The summed E-state index contributed by atoms with van der Waals surface area (Å²) in [5.41, 5.74) is 0. The van der Waals surface area contributed by atoms with E-state index in [0.29, 0.717) is 6.42 Å². The van der Waals surface area contributed by atoms with Crippen molar-refractivity contribution < 1.29 is 4.79 Å². The number of ketones is 1. The quantitative estimate of drug-likeness (QED) is 0.550. The fraction of sp³-hybridized carbons (Fsp3) is 0.417. The third kappa shape index (κ3) is 5.85. The largest absolute Gasteiger partial charge is 0.300 e. The molecule has 0 N–H and O–H groups in total. The van der Waals surface area contributed by atoms with Crippen molar-refractivity contribution in [2.45, 2.75) is 31.1 Å². The van der Waals surface area contributed by atoms with Gasteiger partial charge in [0.2, 0.25) is 0 Å². The SMILES string of the molecule is CC(=O)CCCCSc1ccc(Cl)cc1. The van der Waals surface area contributed by atoms with E-state index in [1.807, 2.05) is 36.0 Å². The van der Waals surface area contributed by atoms with Crippen LogP contribution >= 0.6 is 23.4 Å². The van der Waals surface area contributed by atoms with Crippen molar-refractivity contribution in [3.05, 3.63) is 29.3 Å². The van der Waals surface area contributed by atoms with Crippen LogP contribution in [0.25, 0.3) is 0 Å². The van der Waals surface area contributed by atoms with Gasteiger partial charge in [-0.15, -0.1) is 11.8 Å². The number of unbranched alkanes of at least 4 members (excludes halogenated alkanes) is 1. The summed E-state index contributed by atoms with van der Waals surface area (Å²) >= 11 is 7.59. The number of benzene rings is 1. The highest BCUT2D eigenvalue weighted by molar-refractivity contribution is 7.99. The van der Waals surface area contributed by atoms with Crippen LogP contribution in [0, 0.1) is 0 Å². The van der Waals surface area contributed by atoms with Gasteiger partial charge in [-0.2, -0.15) is 0 Å². The molecule has 0 fully saturated rings. The Kier molecular flexibility index (Phi) is 5.81. The lowest BCUT2D eigenvalue weighted by atomic mass is 10.2. The molecule has 15 heavy (non-hydrogen) atoms. The van der Waals surface area contributed by atoms with Gasteiger partial charge in [-0.05, 0) is 49.8 Å². The van der Waals surface area contributed by atoms with Crippen LogP contribution in [0.2, 0.25) is 5.02 Å². The molecule has 0 saturated heterocycles. The van der Waals surface area contributed by atoms with E-state index in [-0.39, 0.29) is 5.78 Å². The summed E-state index contributed by atoms with van der Waals surface area (Å²) in [6.07, 6.45) is 2.80. The van der Waals surface area contributed by atoms with Crippen LogP contribution in [0.5, 0.6) is 0 Å². The monoisotopic (exact) mass is 242 g/mol. The average molecular weight is 243 g/mol. The molecule has 0 radical (unpaired) electrons. The van der Waals surface area contributed by atoms with Crippen LogP contribution in [0.4, 0.5) is 0 Å². The molecule has 0 saturated carbocycles. The zero-order valence-electron chi connectivity index (χ0n) is 8.83. The minimum absolute atomic E-state index is 0.284. The van der Waals surface area contributed by atoms with Gasteiger partial charge in [0.05, 0.1) is 0 Å². The van der Waals surface area contributed by atoms with Gasteiger partial charge in [0.25, 0.3) is 0 Å². The van der Waals surface area contributed by atoms with Crippen LogP contribution in [0.1, 0.15) is 26.2 Å². The Morgan fingerprint density at radius 2 is 1.93 bits per heavy atom. The van der Waals surface area contributed by atoms with Gasteiger partial charge in [-0.3, -0.25) is 0 Å². The van der Waals surface area contributed by atoms with Crippen LogP contribution in [0.15, 0.2) is 29.2 Å². The topological polar surface area (TPSA) is 17.1 Å². The average Bonchev–Trinajstić information content (AvgIpc) is 2.20. The Bertz CT molecular complexity index is 308. The molecule has 0 aliphatic heterocycles. The molecule has 0 bridgehead atoms. The van der Waals surface area contributed by atoms with Gasteiger partial charge in [0.15, 0.2) is 0 Å². The Morgan fingerprint density at radius 3 is 2.53 bits per heavy atom. The van der Waals surface area contributed by atoms with Gasteiger partial charge >= 0.3 is 0 Å². The van der Waals surface area contributed by atoms with Gasteiger partial charge in [0.1, 0.15) is 5.78 Å². The van der Waals surface area contributed by atoms with Gasteiger partial charge in [-0.1, -0.05) is 11.6 Å². The van der Waals surface area contributed by atoms with Crippen molar-refractivity contribution in [3.8, 4) is 0 Å². The fourth-order valence-electron chi connectivity index (χ4n) is 1.20. The molecule has 0 aliphatic rings. The number of hydrogen-bond acceptors (Lipinski definition) is 2. The number of carbonyl (C=O) groups is 1. The Hall–Kier alpha value is -0.470. The molecule has 1 aromatic rings. The molecule has 1 aromatic carbocycles. The van der Waals surface area contributed by atoms with E-state index in [0.717, 1.165) is 23.6 Å². The first-order chi connectivity index (χ1) is 7.18.